The number of carbonyl (C=O) groups is 2. The van der Waals surface area contributed by atoms with E-state index in [2.05, 4.69) is 5.32 Å². The number of carbonyl (C=O) groups excluding carboxylic acids is 2. The Hall–Kier alpha value is -1.10. The summed E-state index contributed by atoms with van der Waals surface area (Å²) in [4.78, 5) is 25.2. The monoisotopic (exact) mass is 316 g/mol. The quantitative estimate of drug-likeness (QED) is 0.787. The van der Waals surface area contributed by atoms with Crippen molar-refractivity contribution in [3.05, 3.63) is 33.8 Å². The van der Waals surface area contributed by atoms with E-state index in [0.717, 1.165) is 6.42 Å². The van der Waals surface area contributed by atoms with E-state index in [-0.39, 0.29) is 24.8 Å². The summed E-state index contributed by atoms with van der Waals surface area (Å²) in [5, 5.41) is 3.52. The van der Waals surface area contributed by atoms with Crippen LogP contribution in [0.4, 0.5) is 0 Å². The Morgan fingerprint density at radius 2 is 1.90 bits per heavy atom. The summed E-state index contributed by atoms with van der Waals surface area (Å²) in [6.45, 7) is 2.97. The van der Waals surface area contributed by atoms with E-state index < -0.39 is 0 Å². The smallest absolute Gasteiger partial charge is 0.234 e. The van der Waals surface area contributed by atoms with Crippen LogP contribution in [0.15, 0.2) is 18.2 Å². The Balaban J connectivity index is 2.52. The molecule has 0 aromatic heterocycles. The molecular formula is C14H18Cl2N2O2. The van der Waals surface area contributed by atoms with Crippen molar-refractivity contribution in [1.82, 2.24) is 10.2 Å². The molecule has 20 heavy (non-hydrogen) atoms. The average molecular weight is 317 g/mol. The van der Waals surface area contributed by atoms with Gasteiger partial charge in [0.25, 0.3) is 0 Å². The van der Waals surface area contributed by atoms with E-state index in [1.807, 2.05) is 6.92 Å². The first-order valence-electron chi connectivity index (χ1n) is 6.37. The second-order valence-corrected chi connectivity index (χ2v) is 5.39. The summed E-state index contributed by atoms with van der Waals surface area (Å²) in [6, 6.07) is 4.75. The first kappa shape index (κ1) is 17.0. The number of nitrogens with one attached hydrogen (secondary N) is 1. The highest BCUT2D eigenvalue weighted by molar-refractivity contribution is 6.42. The Labute approximate surface area is 129 Å². The fourth-order valence-electron chi connectivity index (χ4n) is 1.63. The lowest BCUT2D eigenvalue weighted by Gasteiger charge is -2.15. The molecule has 110 valence electrons. The Morgan fingerprint density at radius 1 is 1.20 bits per heavy atom. The number of rotatable bonds is 7. The van der Waals surface area contributed by atoms with Gasteiger partial charge in [0.1, 0.15) is 0 Å². The molecule has 0 saturated heterocycles. The van der Waals surface area contributed by atoms with Gasteiger partial charge < -0.3 is 5.32 Å². The maximum atomic E-state index is 12.0. The van der Waals surface area contributed by atoms with Gasteiger partial charge in [-0.2, -0.15) is 0 Å². The molecule has 1 aromatic carbocycles. The van der Waals surface area contributed by atoms with Crippen LogP contribution in [-0.4, -0.2) is 43.3 Å². The first-order valence-corrected chi connectivity index (χ1v) is 7.13. The van der Waals surface area contributed by atoms with Gasteiger partial charge in [0.05, 0.1) is 23.1 Å². The Kier molecular flexibility index (Phi) is 6.99. The van der Waals surface area contributed by atoms with Crippen molar-refractivity contribution >= 4 is 34.9 Å². The molecule has 0 aliphatic carbocycles. The maximum absolute atomic E-state index is 12.0. The van der Waals surface area contributed by atoms with Gasteiger partial charge in [-0.1, -0.05) is 30.1 Å². The molecule has 0 unspecified atom stereocenters. The number of Topliss-reactive ketones (excluding diaryl/α,β-unsaturated/α-hetero) is 1. The second-order valence-electron chi connectivity index (χ2n) is 4.57. The summed E-state index contributed by atoms with van der Waals surface area (Å²) in [5.41, 5.74) is 0.486. The minimum Gasteiger partial charge on any atom is -0.355 e. The number of benzene rings is 1. The molecule has 1 amide bonds. The van der Waals surface area contributed by atoms with Crippen molar-refractivity contribution in [3.8, 4) is 0 Å². The van der Waals surface area contributed by atoms with Crippen LogP contribution in [0, 0.1) is 0 Å². The second kappa shape index (κ2) is 8.25. The van der Waals surface area contributed by atoms with Crippen LogP contribution in [0.25, 0.3) is 0 Å². The molecule has 4 nitrogen and oxygen atoms in total. The fourth-order valence-corrected chi connectivity index (χ4v) is 1.93. The molecule has 0 saturated carbocycles. The molecule has 0 aliphatic rings. The summed E-state index contributed by atoms with van der Waals surface area (Å²) in [6.07, 6.45) is 0.887. The van der Waals surface area contributed by atoms with E-state index >= 15 is 0 Å². The van der Waals surface area contributed by atoms with Crippen molar-refractivity contribution in [2.75, 3.05) is 26.7 Å². The molecule has 1 N–H and O–H groups in total. The van der Waals surface area contributed by atoms with Crippen molar-refractivity contribution < 1.29 is 9.59 Å². The maximum Gasteiger partial charge on any atom is 0.234 e. The zero-order valence-electron chi connectivity index (χ0n) is 11.6. The minimum absolute atomic E-state index is 0.0868. The molecule has 0 bridgehead atoms. The summed E-state index contributed by atoms with van der Waals surface area (Å²) in [7, 11) is 1.72. The number of ketones is 1. The fraction of sp³-hybridized carbons (Fsp3) is 0.429. The highest BCUT2D eigenvalue weighted by Crippen LogP contribution is 2.22. The van der Waals surface area contributed by atoms with Gasteiger partial charge >= 0.3 is 0 Å². The van der Waals surface area contributed by atoms with Gasteiger partial charge in [0, 0.05) is 12.1 Å². The van der Waals surface area contributed by atoms with Crippen LogP contribution < -0.4 is 5.32 Å². The van der Waals surface area contributed by atoms with E-state index in [1.54, 1.807) is 24.1 Å². The van der Waals surface area contributed by atoms with Crippen molar-refractivity contribution in [2.45, 2.75) is 13.3 Å². The topological polar surface area (TPSA) is 49.4 Å². The van der Waals surface area contributed by atoms with Gasteiger partial charge in [-0.05, 0) is 31.7 Å². The van der Waals surface area contributed by atoms with Crippen LogP contribution in [0.3, 0.4) is 0 Å². The van der Waals surface area contributed by atoms with Gasteiger partial charge in [-0.15, -0.1) is 0 Å². The van der Waals surface area contributed by atoms with Gasteiger partial charge in [-0.25, -0.2) is 0 Å². The largest absolute Gasteiger partial charge is 0.355 e. The number of hydrogen-bond donors (Lipinski definition) is 1. The molecule has 0 aliphatic heterocycles. The molecule has 0 radical (unpaired) electrons. The van der Waals surface area contributed by atoms with Crippen LogP contribution in [0.2, 0.25) is 10.0 Å². The van der Waals surface area contributed by atoms with E-state index in [0.29, 0.717) is 22.2 Å². The molecular weight excluding hydrogens is 299 g/mol. The first-order chi connectivity index (χ1) is 9.43. The number of likely N-dealkylation sites (N-methyl/N-ethyl adjacent to an activating group) is 1. The lowest BCUT2D eigenvalue weighted by molar-refractivity contribution is -0.121. The third-order valence-corrected chi connectivity index (χ3v) is 3.38. The highest BCUT2D eigenvalue weighted by Gasteiger charge is 2.13. The van der Waals surface area contributed by atoms with Crippen LogP contribution in [0.5, 0.6) is 0 Å². The van der Waals surface area contributed by atoms with E-state index in [9.17, 15) is 9.59 Å². The predicted molar refractivity (Wildman–Crippen MR) is 81.6 cm³/mol. The highest BCUT2D eigenvalue weighted by atomic mass is 35.5. The number of halogens is 2. The Morgan fingerprint density at radius 3 is 2.50 bits per heavy atom. The molecule has 0 atom stereocenters. The lowest BCUT2D eigenvalue weighted by atomic mass is 10.1. The SMILES string of the molecule is CCCNC(=O)CN(C)CC(=O)c1ccc(Cl)c(Cl)c1. The summed E-state index contributed by atoms with van der Waals surface area (Å²) >= 11 is 11.7. The van der Waals surface area contributed by atoms with Gasteiger partial charge in [-0.3, -0.25) is 14.5 Å². The van der Waals surface area contributed by atoms with Crippen LogP contribution in [-0.2, 0) is 4.79 Å². The van der Waals surface area contributed by atoms with Gasteiger partial charge in [0.2, 0.25) is 5.91 Å². The van der Waals surface area contributed by atoms with Crippen LogP contribution in [0.1, 0.15) is 23.7 Å². The number of nitrogens with zero attached hydrogens (tertiary/aromatic N) is 1. The standard InChI is InChI=1S/C14H18Cl2N2O2/c1-3-6-17-14(20)9-18(2)8-13(19)10-4-5-11(15)12(16)7-10/h4-5,7H,3,6,8-9H2,1-2H3,(H,17,20). The summed E-state index contributed by atoms with van der Waals surface area (Å²) < 4.78 is 0. The number of hydrogen-bond acceptors (Lipinski definition) is 3. The van der Waals surface area contributed by atoms with E-state index in [4.69, 9.17) is 23.2 Å². The molecule has 6 heteroatoms. The zero-order valence-corrected chi connectivity index (χ0v) is 13.1. The van der Waals surface area contributed by atoms with Crippen molar-refractivity contribution in [2.24, 2.45) is 0 Å². The minimum atomic E-state index is -0.102. The summed E-state index contributed by atoms with van der Waals surface area (Å²) in [5.74, 6) is -0.189. The van der Waals surface area contributed by atoms with Gasteiger partial charge in [0.15, 0.2) is 5.78 Å². The van der Waals surface area contributed by atoms with Crippen molar-refractivity contribution in [3.63, 3.8) is 0 Å². The lowest BCUT2D eigenvalue weighted by Crippen LogP contribution is -2.37. The molecule has 1 rings (SSSR count). The molecule has 0 heterocycles. The Bertz CT molecular complexity index is 492. The average Bonchev–Trinajstić information content (AvgIpc) is 2.39. The third kappa shape index (κ3) is 5.49. The predicted octanol–water partition coefficient (Wildman–Crippen LogP) is 2.63. The van der Waals surface area contributed by atoms with E-state index in [1.165, 1.54) is 6.07 Å². The molecule has 0 fully saturated rings. The third-order valence-electron chi connectivity index (χ3n) is 2.64. The number of amides is 1. The molecule has 0 spiro atoms. The zero-order chi connectivity index (χ0) is 15.1. The normalized spacial score (nSPS) is 10.7. The van der Waals surface area contributed by atoms with Crippen LogP contribution >= 0.6 is 23.2 Å². The molecule has 1 aromatic rings. The van der Waals surface area contributed by atoms with Crippen molar-refractivity contribution in [1.29, 1.82) is 0 Å².